The molecular formula is C90H58F2N6. The molecule has 6 nitrogen and oxygen atoms in total. The second kappa shape index (κ2) is 22.9. The molecule has 0 bridgehead atoms. The summed E-state index contributed by atoms with van der Waals surface area (Å²) in [6.07, 6.45) is 0. The van der Waals surface area contributed by atoms with Crippen LogP contribution in [0, 0.1) is 11.6 Å². The molecule has 0 aliphatic heterocycles. The summed E-state index contributed by atoms with van der Waals surface area (Å²) in [4.78, 5) is 4.43. The standard InChI is InChI=1S/C90H58F2N6/c91-67-31-35-71(36-32-67)93(77-47-49-85-81(57-77)79-23-11-13-25-83(79)95(85)69-19-3-1-4-20-69)73-39-43-75(44-40-73)97-87(63-29-27-59-15-7-9-17-61(59)51-63)53-65-56-90-66(55-89(65)97)54-88(64-30-28-60-16-8-10-18-62(60)52-64)98(90)76-45-41-74(42-46-76)94(72-37-33-68(92)34-38-72)78-48-50-86-82(58-78)80-24-12-14-26-84(80)96(86)70-21-5-2-6-22-70/h1-58H. The lowest BCUT2D eigenvalue weighted by molar-refractivity contribution is 0.627. The van der Waals surface area contributed by atoms with Gasteiger partial charge in [0.25, 0.3) is 0 Å². The van der Waals surface area contributed by atoms with Gasteiger partial charge in [0.15, 0.2) is 0 Å². The molecule has 19 rings (SSSR count). The normalized spacial score (nSPS) is 11.8. The Kier molecular flexibility index (Phi) is 13.2. The van der Waals surface area contributed by atoms with Gasteiger partial charge in [0.05, 0.1) is 44.5 Å². The van der Waals surface area contributed by atoms with Crippen LogP contribution < -0.4 is 9.80 Å². The van der Waals surface area contributed by atoms with Gasteiger partial charge >= 0.3 is 0 Å². The van der Waals surface area contributed by atoms with Crippen molar-refractivity contribution in [1.82, 2.24) is 18.3 Å². The number of anilines is 6. The van der Waals surface area contributed by atoms with E-state index >= 15 is 0 Å². The van der Waals surface area contributed by atoms with Gasteiger partial charge in [0, 0.05) is 89.2 Å². The van der Waals surface area contributed by atoms with Gasteiger partial charge < -0.3 is 28.1 Å². The number of para-hydroxylation sites is 4. The highest BCUT2D eigenvalue weighted by Crippen LogP contribution is 2.45. The van der Waals surface area contributed by atoms with Crippen molar-refractivity contribution in [3.05, 3.63) is 363 Å². The van der Waals surface area contributed by atoms with Gasteiger partial charge in [-0.25, -0.2) is 8.78 Å². The van der Waals surface area contributed by atoms with Gasteiger partial charge in [-0.05, 0) is 239 Å². The monoisotopic (exact) mass is 1260 g/mol. The molecule has 0 fully saturated rings. The third kappa shape index (κ3) is 9.44. The lowest BCUT2D eigenvalue weighted by atomic mass is 10.0. The highest BCUT2D eigenvalue weighted by molar-refractivity contribution is 6.12. The zero-order valence-corrected chi connectivity index (χ0v) is 52.9. The maximum absolute atomic E-state index is 14.9. The Balaban J connectivity index is 0.769. The van der Waals surface area contributed by atoms with E-state index in [2.05, 4.69) is 319 Å². The van der Waals surface area contributed by atoms with Gasteiger partial charge in [0.2, 0.25) is 0 Å². The average Bonchev–Trinajstić information content (AvgIpc) is 1.62. The zero-order chi connectivity index (χ0) is 65.0. The minimum Gasteiger partial charge on any atom is -0.310 e. The first-order chi connectivity index (χ1) is 48.4. The highest BCUT2D eigenvalue weighted by atomic mass is 19.1. The number of halogens is 2. The number of nitrogens with zero attached hydrogens (tertiary/aromatic N) is 6. The van der Waals surface area contributed by atoms with Crippen LogP contribution in [0.4, 0.5) is 42.9 Å². The summed E-state index contributed by atoms with van der Waals surface area (Å²) in [6.45, 7) is 0. The molecule has 4 heterocycles. The van der Waals surface area contributed by atoms with E-state index in [1.165, 1.54) is 35.0 Å². The van der Waals surface area contributed by atoms with Gasteiger partial charge in [-0.1, -0.05) is 146 Å². The highest BCUT2D eigenvalue weighted by Gasteiger charge is 2.24. The van der Waals surface area contributed by atoms with E-state index < -0.39 is 0 Å². The fourth-order valence-corrected chi connectivity index (χ4v) is 15.1. The summed E-state index contributed by atoms with van der Waals surface area (Å²) >= 11 is 0. The molecule has 98 heavy (non-hydrogen) atoms. The minimum absolute atomic E-state index is 0.294. The Morgan fingerprint density at radius 1 is 0.194 bits per heavy atom. The first-order valence-corrected chi connectivity index (χ1v) is 33.1. The van der Waals surface area contributed by atoms with Crippen molar-refractivity contribution in [1.29, 1.82) is 0 Å². The molecule has 0 saturated heterocycles. The number of hydrogen-bond donors (Lipinski definition) is 0. The molecule has 462 valence electrons. The molecule has 0 amide bonds. The van der Waals surface area contributed by atoms with Crippen molar-refractivity contribution in [3.8, 4) is 45.3 Å². The topological polar surface area (TPSA) is 26.2 Å². The largest absolute Gasteiger partial charge is 0.310 e. The van der Waals surface area contributed by atoms with E-state index in [1.807, 2.05) is 36.4 Å². The molecular weight excluding hydrogens is 1200 g/mol. The Hall–Kier alpha value is -13.0. The smallest absolute Gasteiger partial charge is 0.123 e. The van der Waals surface area contributed by atoms with Gasteiger partial charge in [0.1, 0.15) is 11.6 Å². The van der Waals surface area contributed by atoms with E-state index in [-0.39, 0.29) is 11.6 Å². The zero-order valence-electron chi connectivity index (χ0n) is 52.9. The maximum atomic E-state index is 14.9. The summed E-state index contributed by atoms with van der Waals surface area (Å²) < 4.78 is 39.2. The van der Waals surface area contributed by atoms with Crippen LogP contribution in [0.5, 0.6) is 0 Å². The predicted molar refractivity (Wildman–Crippen MR) is 404 cm³/mol. The maximum Gasteiger partial charge on any atom is 0.123 e. The van der Waals surface area contributed by atoms with Crippen LogP contribution in [0.15, 0.2) is 352 Å². The molecule has 0 spiro atoms. The van der Waals surface area contributed by atoms with Crippen molar-refractivity contribution < 1.29 is 8.78 Å². The van der Waals surface area contributed by atoms with Crippen molar-refractivity contribution in [2.75, 3.05) is 9.80 Å². The van der Waals surface area contributed by atoms with Crippen LogP contribution in [0.3, 0.4) is 0 Å². The minimum atomic E-state index is -0.294. The molecule has 0 unspecified atom stereocenters. The third-order valence-electron chi connectivity index (χ3n) is 19.6. The first kappa shape index (κ1) is 56.5. The van der Waals surface area contributed by atoms with E-state index in [0.29, 0.717) is 0 Å². The van der Waals surface area contributed by atoms with Gasteiger partial charge in [-0.2, -0.15) is 0 Å². The van der Waals surface area contributed by atoms with Crippen molar-refractivity contribution >= 4 is 121 Å². The van der Waals surface area contributed by atoms with Gasteiger partial charge in [-0.15, -0.1) is 0 Å². The quantitative estimate of drug-likeness (QED) is 0.122. The number of aromatic nitrogens is 4. The summed E-state index contributed by atoms with van der Waals surface area (Å²) in [6, 6.07) is 122. The number of benzene rings is 15. The van der Waals surface area contributed by atoms with Crippen LogP contribution >= 0.6 is 0 Å². The van der Waals surface area contributed by atoms with Crippen molar-refractivity contribution in [2.24, 2.45) is 0 Å². The van der Waals surface area contributed by atoms with Crippen LogP contribution in [0.2, 0.25) is 0 Å². The van der Waals surface area contributed by atoms with E-state index in [0.717, 1.165) is 156 Å². The molecule has 0 aliphatic carbocycles. The molecule has 8 heteroatoms. The molecule has 0 saturated carbocycles. The Bertz CT molecular complexity index is 5920. The fraction of sp³-hybridized carbons (Fsp3) is 0. The fourth-order valence-electron chi connectivity index (χ4n) is 15.1. The van der Waals surface area contributed by atoms with Gasteiger partial charge in [-0.3, -0.25) is 0 Å². The predicted octanol–water partition coefficient (Wildman–Crippen LogP) is 24.6. The lowest BCUT2D eigenvalue weighted by Crippen LogP contribution is -2.10. The molecule has 0 atom stereocenters. The van der Waals surface area contributed by atoms with Crippen LogP contribution in [-0.2, 0) is 0 Å². The molecule has 0 radical (unpaired) electrons. The Morgan fingerprint density at radius 3 is 0.929 bits per heavy atom. The number of rotatable bonds is 12. The SMILES string of the molecule is Fc1ccc(N(c2ccc(-n3c(-c4ccc5ccccc5c4)cc4cc5c(cc(-c6ccc7ccccc7c6)n5-c5ccc(N(c6ccc(F)cc6)c6ccc7c(c6)c6ccccc6n7-c6ccccc6)cc5)cc43)cc2)c2ccc3c(c2)c2ccccc2n3-c2ccccc2)cc1. The lowest BCUT2D eigenvalue weighted by Gasteiger charge is -2.26. The Morgan fingerprint density at radius 2 is 0.520 bits per heavy atom. The summed E-state index contributed by atoms with van der Waals surface area (Å²) in [5.74, 6) is -0.587. The summed E-state index contributed by atoms with van der Waals surface area (Å²) in [5.41, 5.74) is 20.4. The van der Waals surface area contributed by atoms with E-state index in [4.69, 9.17) is 0 Å². The molecule has 15 aromatic carbocycles. The molecule has 19 aromatic rings. The van der Waals surface area contributed by atoms with Crippen molar-refractivity contribution in [3.63, 3.8) is 0 Å². The van der Waals surface area contributed by atoms with E-state index in [1.54, 1.807) is 0 Å². The molecule has 0 aliphatic rings. The van der Waals surface area contributed by atoms with Crippen molar-refractivity contribution in [2.45, 2.75) is 0 Å². The number of fused-ring (bicyclic) bond motifs is 10. The average molecular weight is 1260 g/mol. The molecule has 4 aromatic heterocycles. The summed E-state index contributed by atoms with van der Waals surface area (Å²) in [5, 5.41) is 11.4. The van der Waals surface area contributed by atoms with Crippen LogP contribution in [-0.4, -0.2) is 18.3 Å². The second-order valence-electron chi connectivity index (χ2n) is 25.3. The number of hydrogen-bond acceptors (Lipinski definition) is 2. The third-order valence-corrected chi connectivity index (χ3v) is 19.6. The van der Waals surface area contributed by atoms with Crippen LogP contribution in [0.1, 0.15) is 0 Å². The first-order valence-electron chi connectivity index (χ1n) is 33.1. The van der Waals surface area contributed by atoms with Crippen LogP contribution in [0.25, 0.3) is 132 Å². The second-order valence-corrected chi connectivity index (χ2v) is 25.3. The molecule has 0 N–H and O–H groups in total. The Labute approximate surface area is 563 Å². The van der Waals surface area contributed by atoms with E-state index in [9.17, 15) is 8.78 Å². The summed E-state index contributed by atoms with van der Waals surface area (Å²) in [7, 11) is 0.